The molecule has 8 heteroatoms. The Morgan fingerprint density at radius 3 is 1.95 bits per heavy atom. The van der Waals surface area contributed by atoms with E-state index in [1.54, 1.807) is 0 Å². The number of nitro benzene ring substituents is 1. The van der Waals surface area contributed by atoms with E-state index >= 15 is 0 Å². The highest BCUT2D eigenvalue weighted by atomic mass is 31.2. The lowest BCUT2D eigenvalue weighted by Gasteiger charge is -2.02. The number of non-ortho nitro benzene ring substituents is 1. The summed E-state index contributed by atoms with van der Waals surface area (Å²) in [7, 11) is -4.10. The highest BCUT2D eigenvalue weighted by molar-refractivity contribution is 7.50. The van der Waals surface area contributed by atoms with E-state index in [0.717, 1.165) is 13.1 Å². The van der Waals surface area contributed by atoms with Crippen LogP contribution in [0.2, 0.25) is 0 Å². The van der Waals surface area contributed by atoms with Gasteiger partial charge < -0.3 is 15.1 Å². The van der Waals surface area contributed by atoms with Gasteiger partial charge in [0.25, 0.3) is 5.69 Å². The predicted octanol–water partition coefficient (Wildman–Crippen LogP) is 1.89. The molecule has 1 aromatic rings. The summed E-state index contributed by atoms with van der Waals surface area (Å²) in [6.07, 6.45) is -0.398. The average molecular weight is 290 g/mol. The Morgan fingerprint density at radius 1 is 1.21 bits per heavy atom. The molecule has 108 valence electrons. The second kappa shape index (κ2) is 8.77. The third-order valence-corrected chi connectivity index (χ3v) is 2.81. The molecule has 0 saturated carbocycles. The van der Waals surface area contributed by atoms with E-state index in [0.29, 0.717) is 5.56 Å². The molecule has 0 heterocycles. The van der Waals surface area contributed by atoms with Crippen molar-refractivity contribution in [2.45, 2.75) is 20.0 Å². The van der Waals surface area contributed by atoms with Gasteiger partial charge in [-0.1, -0.05) is 26.0 Å². The Hall–Kier alpha value is -1.27. The minimum Gasteiger partial charge on any atom is -0.324 e. The molecule has 1 rings (SSSR count). The smallest absolute Gasteiger partial charge is 0.324 e. The molecule has 0 fully saturated rings. The van der Waals surface area contributed by atoms with Gasteiger partial charge in [-0.2, -0.15) is 0 Å². The molecule has 0 amide bonds. The van der Waals surface area contributed by atoms with Crippen LogP contribution in [-0.4, -0.2) is 27.8 Å². The second-order valence-corrected chi connectivity index (χ2v) is 5.35. The van der Waals surface area contributed by atoms with Crippen molar-refractivity contribution in [3.8, 4) is 0 Å². The fourth-order valence-electron chi connectivity index (χ4n) is 1.21. The molecule has 0 aliphatic carbocycles. The normalized spacial score (nSPS) is 10.5. The fraction of sp³-hybridized carbons (Fsp3) is 0.455. The molecule has 19 heavy (non-hydrogen) atoms. The first-order valence-electron chi connectivity index (χ1n) is 5.78. The van der Waals surface area contributed by atoms with E-state index in [4.69, 9.17) is 9.79 Å². The van der Waals surface area contributed by atoms with Crippen LogP contribution in [0, 0.1) is 10.1 Å². The third-order valence-electron chi connectivity index (χ3n) is 2.04. The number of nitrogens with zero attached hydrogens (tertiary/aromatic N) is 1. The van der Waals surface area contributed by atoms with Crippen molar-refractivity contribution < 1.29 is 19.3 Å². The van der Waals surface area contributed by atoms with Gasteiger partial charge in [0.1, 0.15) is 0 Å². The van der Waals surface area contributed by atoms with Crippen LogP contribution in [0.25, 0.3) is 0 Å². The summed E-state index contributed by atoms with van der Waals surface area (Å²) in [6, 6.07) is 5.09. The highest BCUT2D eigenvalue weighted by Crippen LogP contribution is 2.39. The van der Waals surface area contributed by atoms with Gasteiger partial charge in [-0.05, 0) is 18.7 Å². The minimum absolute atomic E-state index is 0.0977. The van der Waals surface area contributed by atoms with Crippen molar-refractivity contribution in [3.05, 3.63) is 39.9 Å². The first-order valence-corrected chi connectivity index (χ1v) is 7.58. The topological polar surface area (TPSA) is 113 Å². The Labute approximate surface area is 112 Å². The second-order valence-electron chi connectivity index (χ2n) is 3.70. The van der Waals surface area contributed by atoms with Gasteiger partial charge in [0.2, 0.25) is 0 Å². The van der Waals surface area contributed by atoms with Gasteiger partial charge in [-0.3, -0.25) is 14.7 Å². The number of hydrogen-bond acceptors (Lipinski definition) is 4. The summed E-state index contributed by atoms with van der Waals surface area (Å²) >= 11 is 0. The Morgan fingerprint density at radius 2 is 1.68 bits per heavy atom. The van der Waals surface area contributed by atoms with E-state index < -0.39 is 18.7 Å². The molecular weight excluding hydrogens is 271 g/mol. The summed E-state index contributed by atoms with van der Waals surface area (Å²) in [5.41, 5.74) is 0.281. The zero-order valence-electron chi connectivity index (χ0n) is 10.9. The van der Waals surface area contributed by atoms with E-state index in [1.165, 1.54) is 24.3 Å². The molecule has 0 aromatic heterocycles. The highest BCUT2D eigenvalue weighted by Gasteiger charge is 2.14. The SMILES string of the molecule is CCNCC.O=[N+]([O-])c1ccc(CP(=O)(O)O)cc1. The van der Waals surface area contributed by atoms with Crippen LogP contribution in [0.15, 0.2) is 24.3 Å². The monoisotopic (exact) mass is 290 g/mol. The number of rotatable bonds is 5. The van der Waals surface area contributed by atoms with Crippen molar-refractivity contribution in [2.24, 2.45) is 0 Å². The van der Waals surface area contributed by atoms with E-state index in [1.807, 2.05) is 0 Å². The molecule has 0 aliphatic rings. The van der Waals surface area contributed by atoms with Crippen LogP contribution in [0.1, 0.15) is 19.4 Å². The maximum atomic E-state index is 10.6. The van der Waals surface area contributed by atoms with Gasteiger partial charge in [0.15, 0.2) is 0 Å². The molecule has 1 aromatic carbocycles. The summed E-state index contributed by atoms with van der Waals surface area (Å²) in [5, 5.41) is 13.4. The lowest BCUT2D eigenvalue weighted by molar-refractivity contribution is -0.384. The van der Waals surface area contributed by atoms with Crippen LogP contribution in [0.4, 0.5) is 5.69 Å². The van der Waals surface area contributed by atoms with Crippen LogP contribution in [0.3, 0.4) is 0 Å². The molecule has 0 radical (unpaired) electrons. The fourth-order valence-corrected chi connectivity index (χ4v) is 1.90. The number of nitrogens with one attached hydrogen (secondary N) is 1. The Kier molecular flexibility index (Phi) is 8.18. The quantitative estimate of drug-likeness (QED) is 0.433. The first kappa shape index (κ1) is 17.7. The number of nitro groups is 1. The molecule has 0 bridgehead atoms. The van der Waals surface area contributed by atoms with Gasteiger partial charge in [-0.15, -0.1) is 0 Å². The minimum atomic E-state index is -4.10. The van der Waals surface area contributed by atoms with Gasteiger partial charge in [-0.25, -0.2) is 0 Å². The molecule has 0 aliphatic heterocycles. The number of benzene rings is 1. The number of hydrogen-bond donors (Lipinski definition) is 3. The summed E-state index contributed by atoms with van der Waals surface area (Å²) in [6.45, 7) is 6.39. The maximum absolute atomic E-state index is 10.6. The van der Waals surface area contributed by atoms with E-state index in [-0.39, 0.29) is 5.69 Å². The van der Waals surface area contributed by atoms with Crippen molar-refractivity contribution in [2.75, 3.05) is 13.1 Å². The molecule has 0 saturated heterocycles. The maximum Gasteiger partial charge on any atom is 0.329 e. The van der Waals surface area contributed by atoms with E-state index in [2.05, 4.69) is 19.2 Å². The van der Waals surface area contributed by atoms with Crippen molar-refractivity contribution in [3.63, 3.8) is 0 Å². The van der Waals surface area contributed by atoms with Crippen molar-refractivity contribution in [1.82, 2.24) is 5.32 Å². The van der Waals surface area contributed by atoms with Gasteiger partial charge >= 0.3 is 7.60 Å². The van der Waals surface area contributed by atoms with Gasteiger partial charge in [0.05, 0.1) is 11.1 Å². The lowest BCUT2D eigenvalue weighted by atomic mass is 10.2. The molecule has 0 unspecified atom stereocenters. The van der Waals surface area contributed by atoms with Crippen LogP contribution >= 0.6 is 7.60 Å². The summed E-state index contributed by atoms with van der Waals surface area (Å²) in [4.78, 5) is 26.9. The van der Waals surface area contributed by atoms with Crippen molar-refractivity contribution in [1.29, 1.82) is 0 Å². The summed E-state index contributed by atoms with van der Waals surface area (Å²) in [5.74, 6) is 0. The molecule has 7 nitrogen and oxygen atoms in total. The van der Waals surface area contributed by atoms with Crippen LogP contribution in [0.5, 0.6) is 0 Å². The molecule has 0 atom stereocenters. The largest absolute Gasteiger partial charge is 0.329 e. The Balaban J connectivity index is 0.000000555. The standard InChI is InChI=1S/C7H8NO5P.C4H11N/c9-8(10)7-3-1-6(2-4-7)5-14(11,12)13;1-3-5-4-2/h1-4H,5H2,(H2,11,12,13);5H,3-4H2,1-2H3. The molecular formula is C11H19N2O5P. The molecule has 3 N–H and O–H groups in total. The van der Waals surface area contributed by atoms with Gasteiger partial charge in [0, 0.05) is 12.1 Å². The van der Waals surface area contributed by atoms with Crippen LogP contribution in [-0.2, 0) is 10.7 Å². The van der Waals surface area contributed by atoms with E-state index in [9.17, 15) is 14.7 Å². The predicted molar refractivity (Wildman–Crippen MR) is 73.1 cm³/mol. The summed E-state index contributed by atoms with van der Waals surface area (Å²) < 4.78 is 10.6. The molecule has 0 spiro atoms. The zero-order chi connectivity index (χ0) is 14.9. The first-order chi connectivity index (χ1) is 8.80. The third kappa shape index (κ3) is 9.32. The Bertz CT molecular complexity index is 427. The average Bonchev–Trinajstić information content (AvgIpc) is 2.29. The lowest BCUT2D eigenvalue weighted by Crippen LogP contribution is -2.09. The van der Waals surface area contributed by atoms with Crippen molar-refractivity contribution >= 4 is 13.3 Å². The van der Waals surface area contributed by atoms with Crippen LogP contribution < -0.4 is 5.32 Å². The zero-order valence-corrected chi connectivity index (χ0v) is 11.8.